The first-order valence-corrected chi connectivity index (χ1v) is 11.2. The Hall–Kier alpha value is -2.93. The highest BCUT2D eigenvalue weighted by Crippen LogP contribution is 2.31. The van der Waals surface area contributed by atoms with E-state index in [1.807, 2.05) is 30.3 Å². The standard InChI is InChI=1S/C22H23N3O3S/c1-2-3-13-28-18-11-9-16(10-12-18)22(26)23-21-19-14-29(27)15-20(19)24-25(21)17-7-5-4-6-8-17/h4-12H,2-3,13-15H2,1H3,(H,23,26). The van der Waals surface area contributed by atoms with Crippen molar-refractivity contribution >= 4 is 22.5 Å². The number of amides is 1. The van der Waals surface area contributed by atoms with Crippen LogP contribution in [0.1, 0.15) is 41.4 Å². The number of carbonyl (C=O) groups is 1. The number of anilines is 1. The molecule has 3 aromatic rings. The predicted octanol–water partition coefficient (Wildman–Crippen LogP) is 4.07. The summed E-state index contributed by atoms with van der Waals surface area (Å²) in [6.45, 7) is 2.78. The Morgan fingerprint density at radius 3 is 2.62 bits per heavy atom. The van der Waals surface area contributed by atoms with Crippen LogP contribution in [0.3, 0.4) is 0 Å². The molecule has 1 amide bonds. The Labute approximate surface area is 172 Å². The van der Waals surface area contributed by atoms with Crippen molar-refractivity contribution in [2.45, 2.75) is 31.3 Å². The van der Waals surface area contributed by atoms with Crippen LogP contribution < -0.4 is 10.1 Å². The van der Waals surface area contributed by atoms with Crippen LogP contribution in [0.25, 0.3) is 5.69 Å². The van der Waals surface area contributed by atoms with Crippen LogP contribution in [0, 0.1) is 0 Å². The van der Waals surface area contributed by atoms with E-state index >= 15 is 0 Å². The molecule has 2 aromatic carbocycles. The van der Waals surface area contributed by atoms with E-state index in [-0.39, 0.29) is 5.91 Å². The molecule has 1 aliphatic rings. The highest BCUT2D eigenvalue weighted by molar-refractivity contribution is 7.83. The fraction of sp³-hybridized carbons (Fsp3) is 0.273. The molecule has 0 bridgehead atoms. The summed E-state index contributed by atoms with van der Waals surface area (Å²) < 4.78 is 19.4. The minimum atomic E-state index is -0.974. The zero-order valence-corrected chi connectivity index (χ0v) is 17.1. The summed E-state index contributed by atoms with van der Waals surface area (Å²) in [5, 5.41) is 7.59. The van der Waals surface area contributed by atoms with Gasteiger partial charge in [0, 0.05) is 21.9 Å². The number of benzene rings is 2. The van der Waals surface area contributed by atoms with Crippen molar-refractivity contribution in [3.05, 3.63) is 71.4 Å². The number of unbranched alkanes of at least 4 members (excludes halogenated alkanes) is 1. The summed E-state index contributed by atoms with van der Waals surface area (Å²) in [5.41, 5.74) is 3.01. The number of fused-ring (bicyclic) bond motifs is 1. The Morgan fingerprint density at radius 1 is 1.14 bits per heavy atom. The van der Waals surface area contributed by atoms with Crippen LogP contribution in [0.4, 0.5) is 5.82 Å². The second-order valence-electron chi connectivity index (χ2n) is 6.93. The van der Waals surface area contributed by atoms with E-state index < -0.39 is 10.8 Å². The maximum atomic E-state index is 12.9. The molecular formula is C22H23N3O3S. The normalized spacial score (nSPS) is 15.1. The van der Waals surface area contributed by atoms with Gasteiger partial charge in [-0.15, -0.1) is 0 Å². The lowest BCUT2D eigenvalue weighted by molar-refractivity contribution is 0.102. The summed E-state index contributed by atoms with van der Waals surface area (Å²) in [6, 6.07) is 16.7. The van der Waals surface area contributed by atoms with E-state index in [4.69, 9.17) is 4.74 Å². The van der Waals surface area contributed by atoms with Crippen molar-refractivity contribution < 1.29 is 13.7 Å². The first kappa shape index (κ1) is 19.4. The second-order valence-corrected chi connectivity index (χ2v) is 8.39. The molecule has 1 unspecified atom stereocenters. The predicted molar refractivity (Wildman–Crippen MR) is 114 cm³/mol. The van der Waals surface area contributed by atoms with Gasteiger partial charge in [-0.25, -0.2) is 4.68 Å². The monoisotopic (exact) mass is 409 g/mol. The lowest BCUT2D eigenvalue weighted by atomic mass is 10.2. The van der Waals surface area contributed by atoms with E-state index in [2.05, 4.69) is 17.3 Å². The van der Waals surface area contributed by atoms with Gasteiger partial charge in [0.15, 0.2) is 0 Å². The maximum absolute atomic E-state index is 12.9. The van der Waals surface area contributed by atoms with E-state index in [0.717, 1.165) is 35.5 Å². The number of para-hydroxylation sites is 1. The zero-order chi connectivity index (χ0) is 20.2. The van der Waals surface area contributed by atoms with E-state index in [1.54, 1.807) is 28.9 Å². The topological polar surface area (TPSA) is 73.2 Å². The summed E-state index contributed by atoms with van der Waals surface area (Å²) in [7, 11) is -0.974. The molecule has 4 rings (SSSR count). The Balaban J connectivity index is 1.57. The average molecular weight is 410 g/mol. The molecule has 1 aromatic heterocycles. The molecule has 0 saturated carbocycles. The van der Waals surface area contributed by atoms with Crippen LogP contribution in [-0.2, 0) is 22.3 Å². The van der Waals surface area contributed by atoms with Gasteiger partial charge in [0.05, 0.1) is 29.5 Å². The van der Waals surface area contributed by atoms with Crippen molar-refractivity contribution in [3.8, 4) is 11.4 Å². The zero-order valence-electron chi connectivity index (χ0n) is 16.3. The van der Waals surface area contributed by atoms with Crippen molar-refractivity contribution in [1.82, 2.24) is 9.78 Å². The van der Waals surface area contributed by atoms with Crippen molar-refractivity contribution in [2.24, 2.45) is 0 Å². The molecular weight excluding hydrogens is 386 g/mol. The summed E-state index contributed by atoms with van der Waals surface area (Å²) >= 11 is 0. The summed E-state index contributed by atoms with van der Waals surface area (Å²) in [6.07, 6.45) is 2.07. The fourth-order valence-corrected chi connectivity index (χ4v) is 4.49. The molecule has 0 aliphatic carbocycles. The van der Waals surface area contributed by atoms with Gasteiger partial charge in [0.1, 0.15) is 11.6 Å². The molecule has 0 fully saturated rings. The lowest BCUT2D eigenvalue weighted by Crippen LogP contribution is -2.16. The number of ether oxygens (including phenoxy) is 1. The van der Waals surface area contributed by atoms with Crippen molar-refractivity contribution in [2.75, 3.05) is 11.9 Å². The molecule has 2 heterocycles. The van der Waals surface area contributed by atoms with Crippen LogP contribution in [-0.4, -0.2) is 26.5 Å². The number of aromatic nitrogens is 2. The van der Waals surface area contributed by atoms with Crippen LogP contribution in [0.15, 0.2) is 54.6 Å². The molecule has 0 saturated heterocycles. The number of carbonyl (C=O) groups excluding carboxylic acids is 1. The minimum Gasteiger partial charge on any atom is -0.494 e. The smallest absolute Gasteiger partial charge is 0.256 e. The van der Waals surface area contributed by atoms with Gasteiger partial charge in [-0.2, -0.15) is 5.10 Å². The first-order valence-electron chi connectivity index (χ1n) is 9.71. The lowest BCUT2D eigenvalue weighted by Gasteiger charge is -2.11. The average Bonchev–Trinajstić information content (AvgIpc) is 3.26. The van der Waals surface area contributed by atoms with Gasteiger partial charge in [-0.3, -0.25) is 9.00 Å². The van der Waals surface area contributed by atoms with Gasteiger partial charge in [-0.1, -0.05) is 31.5 Å². The van der Waals surface area contributed by atoms with Crippen LogP contribution in [0.5, 0.6) is 5.75 Å². The molecule has 0 spiro atoms. The third kappa shape index (κ3) is 4.24. The molecule has 150 valence electrons. The Kier molecular flexibility index (Phi) is 5.76. The minimum absolute atomic E-state index is 0.234. The molecule has 0 radical (unpaired) electrons. The van der Waals surface area contributed by atoms with Gasteiger partial charge < -0.3 is 10.1 Å². The van der Waals surface area contributed by atoms with Crippen LogP contribution >= 0.6 is 0 Å². The molecule has 29 heavy (non-hydrogen) atoms. The first-order chi connectivity index (χ1) is 14.2. The third-order valence-corrected chi connectivity index (χ3v) is 5.99. The summed E-state index contributed by atoms with van der Waals surface area (Å²) in [5.74, 6) is 1.93. The number of nitrogens with zero attached hydrogens (tertiary/aromatic N) is 2. The Bertz CT molecular complexity index is 1030. The number of rotatable bonds is 7. The van der Waals surface area contributed by atoms with Gasteiger partial charge in [0.2, 0.25) is 0 Å². The van der Waals surface area contributed by atoms with Gasteiger partial charge >= 0.3 is 0 Å². The van der Waals surface area contributed by atoms with Gasteiger partial charge in [-0.05, 0) is 42.8 Å². The summed E-state index contributed by atoms with van der Waals surface area (Å²) in [4.78, 5) is 12.9. The fourth-order valence-electron chi connectivity index (χ4n) is 3.23. The number of hydrogen-bond acceptors (Lipinski definition) is 4. The van der Waals surface area contributed by atoms with Crippen LogP contribution in [0.2, 0.25) is 0 Å². The van der Waals surface area contributed by atoms with Crippen molar-refractivity contribution in [1.29, 1.82) is 0 Å². The molecule has 6 nitrogen and oxygen atoms in total. The highest BCUT2D eigenvalue weighted by Gasteiger charge is 2.28. The van der Waals surface area contributed by atoms with E-state index in [0.29, 0.717) is 29.5 Å². The molecule has 1 aliphatic heterocycles. The molecule has 1 N–H and O–H groups in total. The van der Waals surface area contributed by atoms with Crippen molar-refractivity contribution in [3.63, 3.8) is 0 Å². The van der Waals surface area contributed by atoms with E-state index in [9.17, 15) is 9.00 Å². The maximum Gasteiger partial charge on any atom is 0.256 e. The Morgan fingerprint density at radius 2 is 1.90 bits per heavy atom. The largest absolute Gasteiger partial charge is 0.494 e. The quantitative estimate of drug-likeness (QED) is 0.597. The third-order valence-electron chi connectivity index (χ3n) is 4.79. The second kappa shape index (κ2) is 8.61. The number of hydrogen-bond donors (Lipinski definition) is 1. The highest BCUT2D eigenvalue weighted by atomic mass is 32.2. The SMILES string of the molecule is CCCCOc1ccc(C(=O)Nc2c3c(nn2-c2ccccc2)CS(=O)C3)cc1. The number of nitrogens with one attached hydrogen (secondary N) is 1. The van der Waals surface area contributed by atoms with Gasteiger partial charge in [0.25, 0.3) is 5.91 Å². The van der Waals surface area contributed by atoms with E-state index in [1.165, 1.54) is 0 Å². The molecule has 7 heteroatoms. The molecule has 1 atom stereocenters.